The molecule has 5 heteroatoms. The van der Waals surface area contributed by atoms with Crippen LogP contribution in [0.5, 0.6) is 0 Å². The van der Waals surface area contributed by atoms with Crippen molar-refractivity contribution in [1.82, 2.24) is 5.32 Å². The summed E-state index contributed by atoms with van der Waals surface area (Å²) in [5.74, 6) is 0.873. The van der Waals surface area contributed by atoms with Crippen LogP contribution in [0.2, 0.25) is 0 Å². The Labute approximate surface area is 103 Å². The van der Waals surface area contributed by atoms with E-state index in [9.17, 15) is 4.79 Å². The minimum atomic E-state index is -0.371. The minimum absolute atomic E-state index is 0.0514. The number of rotatable bonds is 10. The second-order valence-corrected chi connectivity index (χ2v) is 4.63. The van der Waals surface area contributed by atoms with E-state index in [1.54, 1.807) is 11.8 Å². The highest BCUT2D eigenvalue weighted by molar-refractivity contribution is 7.98. The van der Waals surface area contributed by atoms with Crippen LogP contribution in [0.1, 0.15) is 26.2 Å². The van der Waals surface area contributed by atoms with Gasteiger partial charge in [0.25, 0.3) is 0 Å². The van der Waals surface area contributed by atoms with Gasteiger partial charge < -0.3 is 15.8 Å². The first-order valence-electron chi connectivity index (χ1n) is 5.82. The van der Waals surface area contributed by atoms with Crippen LogP contribution < -0.4 is 11.1 Å². The molecule has 4 nitrogen and oxygen atoms in total. The standard InChI is InChI=1S/C11H24N2O2S/c1-3-7-15-8-4-6-13-11(14)10(12)5-9-16-2/h10H,3-9,12H2,1-2H3,(H,13,14)/t10-/m1/s1. The summed E-state index contributed by atoms with van der Waals surface area (Å²) < 4.78 is 5.30. The van der Waals surface area contributed by atoms with Gasteiger partial charge in [-0.15, -0.1) is 0 Å². The number of nitrogens with two attached hydrogens (primary N) is 1. The first kappa shape index (κ1) is 15.7. The average molecular weight is 248 g/mol. The van der Waals surface area contributed by atoms with E-state index in [-0.39, 0.29) is 11.9 Å². The van der Waals surface area contributed by atoms with Gasteiger partial charge in [0.05, 0.1) is 6.04 Å². The quantitative estimate of drug-likeness (QED) is 0.566. The van der Waals surface area contributed by atoms with Gasteiger partial charge in [-0.25, -0.2) is 0 Å². The van der Waals surface area contributed by atoms with Gasteiger partial charge in [0.15, 0.2) is 0 Å². The van der Waals surface area contributed by atoms with Crippen molar-refractivity contribution < 1.29 is 9.53 Å². The second-order valence-electron chi connectivity index (χ2n) is 3.64. The summed E-state index contributed by atoms with van der Waals surface area (Å²) in [6.45, 7) is 4.22. The maximum atomic E-state index is 11.5. The molecule has 3 N–H and O–H groups in total. The Morgan fingerprint density at radius 3 is 2.88 bits per heavy atom. The van der Waals surface area contributed by atoms with E-state index >= 15 is 0 Å². The Morgan fingerprint density at radius 1 is 1.50 bits per heavy atom. The maximum absolute atomic E-state index is 11.5. The third kappa shape index (κ3) is 9.00. The molecule has 0 aliphatic carbocycles. The SMILES string of the molecule is CCCOCCCNC(=O)[C@H](N)CCSC. The van der Waals surface area contributed by atoms with Gasteiger partial charge in [0.2, 0.25) is 5.91 Å². The van der Waals surface area contributed by atoms with Crippen LogP contribution in [0.3, 0.4) is 0 Å². The van der Waals surface area contributed by atoms with E-state index in [2.05, 4.69) is 12.2 Å². The van der Waals surface area contributed by atoms with E-state index in [1.165, 1.54) is 0 Å². The fraction of sp³-hybridized carbons (Fsp3) is 0.909. The van der Waals surface area contributed by atoms with E-state index in [0.717, 1.165) is 31.6 Å². The number of thioether (sulfide) groups is 1. The van der Waals surface area contributed by atoms with Crippen LogP contribution in [0.4, 0.5) is 0 Å². The molecule has 0 saturated carbocycles. The normalized spacial score (nSPS) is 12.4. The Morgan fingerprint density at radius 2 is 2.25 bits per heavy atom. The molecule has 1 atom stereocenters. The molecule has 0 aliphatic heterocycles. The molecular formula is C11H24N2O2S. The predicted octanol–water partition coefficient (Wildman–Crippen LogP) is 1.000. The zero-order chi connectivity index (χ0) is 12.2. The van der Waals surface area contributed by atoms with Crippen molar-refractivity contribution in [1.29, 1.82) is 0 Å². The molecule has 0 rings (SSSR count). The van der Waals surface area contributed by atoms with Gasteiger partial charge in [0.1, 0.15) is 0 Å². The highest BCUT2D eigenvalue weighted by atomic mass is 32.2. The Balaban J connectivity index is 3.35. The number of hydrogen-bond donors (Lipinski definition) is 2. The molecule has 0 heterocycles. The van der Waals surface area contributed by atoms with E-state index in [1.807, 2.05) is 6.26 Å². The molecule has 0 aromatic heterocycles. The van der Waals surface area contributed by atoms with Crippen molar-refractivity contribution >= 4 is 17.7 Å². The Kier molecular flexibility index (Phi) is 11.0. The van der Waals surface area contributed by atoms with Crippen LogP contribution in [0, 0.1) is 0 Å². The summed E-state index contributed by atoms with van der Waals surface area (Å²) in [6, 6.07) is -0.371. The maximum Gasteiger partial charge on any atom is 0.236 e. The number of nitrogens with one attached hydrogen (secondary N) is 1. The summed E-state index contributed by atoms with van der Waals surface area (Å²) in [5, 5.41) is 2.82. The lowest BCUT2D eigenvalue weighted by Crippen LogP contribution is -2.41. The second kappa shape index (κ2) is 11.2. The molecular weight excluding hydrogens is 224 g/mol. The van der Waals surface area contributed by atoms with Gasteiger partial charge >= 0.3 is 0 Å². The zero-order valence-corrected chi connectivity index (χ0v) is 11.1. The lowest BCUT2D eigenvalue weighted by Gasteiger charge is -2.11. The molecule has 1 amide bonds. The third-order valence-electron chi connectivity index (χ3n) is 2.08. The largest absolute Gasteiger partial charge is 0.381 e. The Bertz CT molecular complexity index is 179. The highest BCUT2D eigenvalue weighted by Crippen LogP contribution is 1.98. The fourth-order valence-corrected chi connectivity index (χ4v) is 1.63. The van der Waals surface area contributed by atoms with Crippen LogP contribution in [-0.4, -0.2) is 43.7 Å². The predicted molar refractivity (Wildman–Crippen MR) is 69.7 cm³/mol. The number of amides is 1. The third-order valence-corrected chi connectivity index (χ3v) is 2.73. The number of hydrogen-bond acceptors (Lipinski definition) is 4. The highest BCUT2D eigenvalue weighted by Gasteiger charge is 2.11. The molecule has 16 heavy (non-hydrogen) atoms. The Hall–Kier alpha value is -0.260. The fourth-order valence-electron chi connectivity index (χ4n) is 1.14. The molecule has 0 aromatic carbocycles. The lowest BCUT2D eigenvalue weighted by atomic mass is 10.2. The van der Waals surface area contributed by atoms with Gasteiger partial charge in [-0.2, -0.15) is 11.8 Å². The van der Waals surface area contributed by atoms with Crippen molar-refractivity contribution in [3.05, 3.63) is 0 Å². The average Bonchev–Trinajstić information content (AvgIpc) is 2.30. The smallest absolute Gasteiger partial charge is 0.236 e. The lowest BCUT2D eigenvalue weighted by molar-refractivity contribution is -0.122. The van der Waals surface area contributed by atoms with Crippen LogP contribution in [0.15, 0.2) is 0 Å². The zero-order valence-electron chi connectivity index (χ0n) is 10.3. The van der Waals surface area contributed by atoms with Crippen molar-refractivity contribution in [2.24, 2.45) is 5.73 Å². The summed E-state index contributed by atoms with van der Waals surface area (Å²) >= 11 is 1.70. The molecule has 0 aliphatic rings. The number of ether oxygens (including phenoxy) is 1. The van der Waals surface area contributed by atoms with Gasteiger partial charge in [-0.3, -0.25) is 4.79 Å². The van der Waals surface area contributed by atoms with E-state index < -0.39 is 0 Å². The van der Waals surface area contributed by atoms with Crippen molar-refractivity contribution in [3.8, 4) is 0 Å². The first-order valence-corrected chi connectivity index (χ1v) is 7.21. The molecule has 0 spiro atoms. The van der Waals surface area contributed by atoms with Gasteiger partial charge in [0, 0.05) is 19.8 Å². The van der Waals surface area contributed by atoms with E-state index in [0.29, 0.717) is 13.2 Å². The first-order chi connectivity index (χ1) is 7.72. The van der Waals surface area contributed by atoms with Gasteiger partial charge in [-0.05, 0) is 31.3 Å². The van der Waals surface area contributed by atoms with Gasteiger partial charge in [-0.1, -0.05) is 6.92 Å². The molecule has 0 bridgehead atoms. The topological polar surface area (TPSA) is 64.3 Å². The summed E-state index contributed by atoms with van der Waals surface area (Å²) in [4.78, 5) is 11.5. The molecule has 0 unspecified atom stereocenters. The molecule has 0 fully saturated rings. The van der Waals surface area contributed by atoms with Crippen LogP contribution >= 0.6 is 11.8 Å². The number of carbonyl (C=O) groups is 1. The van der Waals surface area contributed by atoms with Crippen LogP contribution in [-0.2, 0) is 9.53 Å². The van der Waals surface area contributed by atoms with Crippen molar-refractivity contribution in [3.63, 3.8) is 0 Å². The number of carbonyl (C=O) groups excluding carboxylic acids is 1. The minimum Gasteiger partial charge on any atom is -0.381 e. The summed E-state index contributed by atoms with van der Waals surface area (Å²) in [7, 11) is 0. The molecule has 0 saturated heterocycles. The molecule has 96 valence electrons. The van der Waals surface area contributed by atoms with Crippen molar-refractivity contribution in [2.45, 2.75) is 32.2 Å². The van der Waals surface area contributed by atoms with Crippen LogP contribution in [0.25, 0.3) is 0 Å². The van der Waals surface area contributed by atoms with E-state index in [4.69, 9.17) is 10.5 Å². The monoisotopic (exact) mass is 248 g/mol. The summed E-state index contributed by atoms with van der Waals surface area (Å²) in [6.07, 6.45) is 4.63. The molecule has 0 radical (unpaired) electrons. The van der Waals surface area contributed by atoms with Crippen molar-refractivity contribution in [2.75, 3.05) is 31.8 Å². The molecule has 0 aromatic rings. The summed E-state index contributed by atoms with van der Waals surface area (Å²) in [5.41, 5.74) is 5.71.